The van der Waals surface area contributed by atoms with E-state index in [4.69, 9.17) is 0 Å². The quantitative estimate of drug-likeness (QED) is 0.582. The number of aryl methyl sites for hydroxylation is 1. The second-order valence-electron chi connectivity index (χ2n) is 3.42. The van der Waals surface area contributed by atoms with Crippen LogP contribution in [0, 0.1) is 0 Å². The zero-order valence-electron chi connectivity index (χ0n) is 7.73. The molecule has 70 valence electrons. The first-order valence-corrected chi connectivity index (χ1v) is 4.50. The van der Waals surface area contributed by atoms with Crippen LogP contribution in [0.4, 0.5) is 0 Å². The van der Waals surface area contributed by atoms with Crippen molar-refractivity contribution < 1.29 is 4.79 Å². The Morgan fingerprint density at radius 1 is 1.62 bits per heavy atom. The van der Waals surface area contributed by atoms with Gasteiger partial charge in [0, 0.05) is 31.4 Å². The second kappa shape index (κ2) is 3.20. The summed E-state index contributed by atoms with van der Waals surface area (Å²) in [5.74, 6) is 0. The third-order valence-corrected chi connectivity index (χ3v) is 2.53. The normalized spacial score (nSPS) is 16.5. The molecular weight excluding hydrogens is 166 g/mol. The van der Waals surface area contributed by atoms with Crippen molar-refractivity contribution in [1.82, 2.24) is 14.7 Å². The number of carbonyl (C=O) groups is 1. The molecular formula is C9H13N3O. The third-order valence-electron chi connectivity index (χ3n) is 2.53. The molecule has 4 nitrogen and oxygen atoms in total. The first-order valence-electron chi connectivity index (χ1n) is 4.50. The van der Waals surface area contributed by atoms with E-state index in [1.807, 2.05) is 17.9 Å². The number of hydrogen-bond acceptors (Lipinski definition) is 2. The van der Waals surface area contributed by atoms with Gasteiger partial charge in [-0.2, -0.15) is 5.10 Å². The molecule has 0 saturated carbocycles. The maximum absolute atomic E-state index is 10.6. The van der Waals surface area contributed by atoms with Crippen LogP contribution in [0.5, 0.6) is 0 Å². The monoisotopic (exact) mass is 179 g/mol. The van der Waals surface area contributed by atoms with Crippen molar-refractivity contribution in [1.29, 1.82) is 0 Å². The predicted molar refractivity (Wildman–Crippen MR) is 48.0 cm³/mol. The fraction of sp³-hybridized carbons (Fsp3) is 0.556. The van der Waals surface area contributed by atoms with Crippen LogP contribution in [-0.4, -0.2) is 27.6 Å². The second-order valence-corrected chi connectivity index (χ2v) is 3.42. The van der Waals surface area contributed by atoms with Gasteiger partial charge in [-0.3, -0.25) is 9.48 Å². The lowest BCUT2D eigenvalue weighted by Crippen LogP contribution is -2.20. The summed E-state index contributed by atoms with van der Waals surface area (Å²) in [4.78, 5) is 12.4. The fourth-order valence-electron chi connectivity index (χ4n) is 1.80. The molecule has 1 amide bonds. The molecule has 0 unspecified atom stereocenters. The highest BCUT2D eigenvalue weighted by molar-refractivity contribution is 5.47. The average molecular weight is 179 g/mol. The zero-order valence-corrected chi connectivity index (χ0v) is 7.73. The summed E-state index contributed by atoms with van der Waals surface area (Å²) in [5.41, 5.74) is 2.46. The van der Waals surface area contributed by atoms with E-state index >= 15 is 0 Å². The van der Waals surface area contributed by atoms with Crippen LogP contribution in [-0.2, 0) is 24.8 Å². The van der Waals surface area contributed by atoms with Gasteiger partial charge in [0.1, 0.15) is 0 Å². The largest absolute Gasteiger partial charge is 0.341 e. The van der Waals surface area contributed by atoms with Gasteiger partial charge in [0.25, 0.3) is 0 Å². The number of nitrogens with zero attached hydrogens (tertiary/aromatic N) is 3. The van der Waals surface area contributed by atoms with E-state index in [1.165, 1.54) is 11.3 Å². The first-order chi connectivity index (χ1) is 6.31. The van der Waals surface area contributed by atoms with Crippen molar-refractivity contribution >= 4 is 6.41 Å². The summed E-state index contributed by atoms with van der Waals surface area (Å²) in [6.45, 7) is 1.57. The maximum atomic E-state index is 10.6. The van der Waals surface area contributed by atoms with E-state index in [2.05, 4.69) is 5.10 Å². The Hall–Kier alpha value is -1.32. The first kappa shape index (κ1) is 8.29. The lowest BCUT2D eigenvalue weighted by molar-refractivity contribution is -0.118. The Morgan fingerprint density at radius 2 is 2.46 bits per heavy atom. The molecule has 13 heavy (non-hydrogen) atoms. The molecule has 0 radical (unpaired) electrons. The predicted octanol–water partition coefficient (Wildman–Crippen LogP) is 0.325. The van der Waals surface area contributed by atoms with Crippen LogP contribution >= 0.6 is 0 Å². The molecule has 2 rings (SSSR count). The summed E-state index contributed by atoms with van der Waals surface area (Å²) >= 11 is 0. The van der Waals surface area contributed by atoms with Crippen molar-refractivity contribution in [3.05, 3.63) is 17.5 Å². The van der Waals surface area contributed by atoms with E-state index in [-0.39, 0.29) is 0 Å². The highest BCUT2D eigenvalue weighted by atomic mass is 16.1. The van der Waals surface area contributed by atoms with Gasteiger partial charge in [0.15, 0.2) is 0 Å². The minimum atomic E-state index is 0.715. The molecule has 0 saturated heterocycles. The number of rotatable bonds is 1. The van der Waals surface area contributed by atoms with Crippen LogP contribution < -0.4 is 0 Å². The molecule has 2 heterocycles. The lowest BCUT2D eigenvalue weighted by Gasteiger charge is -2.12. The summed E-state index contributed by atoms with van der Waals surface area (Å²) in [7, 11) is 1.95. The van der Waals surface area contributed by atoms with Crippen molar-refractivity contribution in [3.63, 3.8) is 0 Å². The van der Waals surface area contributed by atoms with Gasteiger partial charge < -0.3 is 4.90 Å². The molecule has 0 aliphatic carbocycles. The summed E-state index contributed by atoms with van der Waals surface area (Å²) in [6, 6.07) is 0. The molecule has 1 aliphatic rings. The third kappa shape index (κ3) is 1.43. The van der Waals surface area contributed by atoms with Crippen LogP contribution in [0.15, 0.2) is 6.20 Å². The highest BCUT2D eigenvalue weighted by Crippen LogP contribution is 2.16. The number of aromatic nitrogens is 2. The number of amides is 1. The van der Waals surface area contributed by atoms with Crippen LogP contribution in [0.25, 0.3) is 0 Å². The van der Waals surface area contributed by atoms with Crippen LogP contribution in [0.1, 0.15) is 17.7 Å². The molecule has 0 aromatic carbocycles. The van der Waals surface area contributed by atoms with Crippen molar-refractivity contribution in [2.75, 3.05) is 6.54 Å². The number of carbonyl (C=O) groups excluding carboxylic acids is 1. The molecule has 0 bridgehead atoms. The van der Waals surface area contributed by atoms with Crippen molar-refractivity contribution in [2.45, 2.75) is 19.4 Å². The van der Waals surface area contributed by atoms with E-state index in [1.54, 1.807) is 4.90 Å². The van der Waals surface area contributed by atoms with Gasteiger partial charge in [-0.05, 0) is 12.8 Å². The lowest BCUT2D eigenvalue weighted by atomic mass is 10.2. The highest BCUT2D eigenvalue weighted by Gasteiger charge is 2.15. The Balaban J connectivity index is 2.29. The van der Waals surface area contributed by atoms with Crippen molar-refractivity contribution in [3.8, 4) is 0 Å². The average Bonchev–Trinajstić information content (AvgIpc) is 2.41. The molecule has 0 atom stereocenters. The summed E-state index contributed by atoms with van der Waals surface area (Å²) in [6.07, 6.45) is 4.83. The maximum Gasteiger partial charge on any atom is 0.210 e. The van der Waals surface area contributed by atoms with Gasteiger partial charge in [0.05, 0.1) is 6.20 Å². The van der Waals surface area contributed by atoms with E-state index < -0.39 is 0 Å². The fourth-order valence-corrected chi connectivity index (χ4v) is 1.80. The number of hydrogen-bond donors (Lipinski definition) is 0. The van der Waals surface area contributed by atoms with Crippen LogP contribution in [0.3, 0.4) is 0 Å². The Morgan fingerprint density at radius 3 is 3.23 bits per heavy atom. The van der Waals surface area contributed by atoms with Gasteiger partial charge in [-0.15, -0.1) is 0 Å². The minimum Gasteiger partial charge on any atom is -0.341 e. The molecule has 4 heteroatoms. The Bertz CT molecular complexity index is 319. The van der Waals surface area contributed by atoms with E-state index in [9.17, 15) is 4.79 Å². The molecule has 0 spiro atoms. The van der Waals surface area contributed by atoms with Gasteiger partial charge in [0.2, 0.25) is 6.41 Å². The smallest absolute Gasteiger partial charge is 0.210 e. The van der Waals surface area contributed by atoms with Crippen LogP contribution in [0.2, 0.25) is 0 Å². The van der Waals surface area contributed by atoms with E-state index in [0.717, 1.165) is 25.8 Å². The topological polar surface area (TPSA) is 38.1 Å². The molecule has 0 fully saturated rings. The number of fused-ring (bicyclic) bond motifs is 1. The van der Waals surface area contributed by atoms with Crippen molar-refractivity contribution in [2.24, 2.45) is 7.05 Å². The van der Waals surface area contributed by atoms with E-state index in [0.29, 0.717) is 6.54 Å². The molecule has 1 aliphatic heterocycles. The minimum absolute atomic E-state index is 0.715. The molecule has 1 aromatic heterocycles. The van der Waals surface area contributed by atoms with Gasteiger partial charge in [-0.25, -0.2) is 0 Å². The Labute approximate surface area is 77.1 Å². The van der Waals surface area contributed by atoms with Gasteiger partial charge in [-0.1, -0.05) is 0 Å². The molecule has 1 aromatic rings. The summed E-state index contributed by atoms with van der Waals surface area (Å²) in [5, 5.41) is 4.18. The SMILES string of the molecule is Cn1ncc2c1CCCN(C=O)C2. The standard InChI is InChI=1S/C9H13N3O/c1-11-9-3-2-4-12(7-13)6-8(9)5-10-11/h5,7H,2-4,6H2,1H3. The van der Waals surface area contributed by atoms with Gasteiger partial charge >= 0.3 is 0 Å². The summed E-state index contributed by atoms with van der Waals surface area (Å²) < 4.78 is 1.91. The zero-order chi connectivity index (χ0) is 9.26. The Kier molecular flexibility index (Phi) is 2.04. The molecule has 0 N–H and O–H groups in total.